The second-order valence-corrected chi connectivity index (χ2v) is 9.27. The zero-order valence-corrected chi connectivity index (χ0v) is 18.5. The van der Waals surface area contributed by atoms with Gasteiger partial charge in [-0.25, -0.2) is 13.1 Å². The summed E-state index contributed by atoms with van der Waals surface area (Å²) in [6, 6.07) is 12.8. The summed E-state index contributed by atoms with van der Waals surface area (Å²) in [4.78, 5) is 4.86. The average molecular weight is 438 g/mol. The predicted octanol–water partition coefficient (Wildman–Crippen LogP) is 3.15. The van der Waals surface area contributed by atoms with Gasteiger partial charge in [0.05, 0.1) is 11.5 Å². The molecule has 0 atom stereocenters. The highest BCUT2D eigenvalue weighted by molar-refractivity contribution is 7.89. The molecule has 0 aromatic heterocycles. The van der Waals surface area contributed by atoms with Crippen LogP contribution in [0.1, 0.15) is 12.5 Å². The van der Waals surface area contributed by atoms with Crippen LogP contribution in [0.3, 0.4) is 0 Å². The van der Waals surface area contributed by atoms with E-state index in [2.05, 4.69) is 14.5 Å². The number of rotatable bonds is 8. The lowest BCUT2D eigenvalue weighted by Crippen LogP contribution is -2.48. The van der Waals surface area contributed by atoms with E-state index in [1.165, 1.54) is 5.69 Å². The van der Waals surface area contributed by atoms with Crippen molar-refractivity contribution in [2.75, 3.05) is 50.8 Å². The molecular weight excluding hydrogens is 410 g/mol. The largest absolute Gasteiger partial charge is 0.494 e. The number of piperazine rings is 1. The Balaban J connectivity index is 1.47. The summed E-state index contributed by atoms with van der Waals surface area (Å²) in [5, 5.41) is 0.738. The van der Waals surface area contributed by atoms with Crippen molar-refractivity contribution in [1.29, 1.82) is 0 Å². The summed E-state index contributed by atoms with van der Waals surface area (Å²) in [5.74, 6) is 0.713. The maximum absolute atomic E-state index is 12.6. The van der Waals surface area contributed by atoms with Crippen molar-refractivity contribution in [3.63, 3.8) is 0 Å². The minimum Gasteiger partial charge on any atom is -0.494 e. The van der Waals surface area contributed by atoms with Gasteiger partial charge < -0.3 is 9.64 Å². The van der Waals surface area contributed by atoms with Crippen molar-refractivity contribution < 1.29 is 13.2 Å². The lowest BCUT2D eigenvalue weighted by atomic mass is 10.2. The van der Waals surface area contributed by atoms with Crippen molar-refractivity contribution in [2.24, 2.45) is 0 Å². The van der Waals surface area contributed by atoms with E-state index in [4.69, 9.17) is 16.3 Å². The van der Waals surface area contributed by atoms with Gasteiger partial charge in [-0.05, 0) is 61.9 Å². The summed E-state index contributed by atoms with van der Waals surface area (Å²) in [6.45, 7) is 8.98. The van der Waals surface area contributed by atoms with Crippen molar-refractivity contribution >= 4 is 27.3 Å². The Kier molecular flexibility index (Phi) is 7.40. The van der Waals surface area contributed by atoms with Gasteiger partial charge in [0.2, 0.25) is 10.0 Å². The van der Waals surface area contributed by atoms with Gasteiger partial charge in [0, 0.05) is 50.0 Å². The molecular formula is C21H28ClN3O3S. The molecule has 0 bridgehead atoms. The van der Waals surface area contributed by atoms with Crippen LogP contribution in [0.5, 0.6) is 5.75 Å². The van der Waals surface area contributed by atoms with Crippen LogP contribution < -0.4 is 14.4 Å². The fraction of sp³-hybridized carbons (Fsp3) is 0.429. The number of nitrogens with one attached hydrogen (secondary N) is 1. The highest BCUT2D eigenvalue weighted by Gasteiger charge is 2.19. The Labute approximate surface area is 178 Å². The summed E-state index contributed by atoms with van der Waals surface area (Å²) in [7, 11) is -3.53. The summed E-state index contributed by atoms with van der Waals surface area (Å²) in [6.07, 6.45) is 0. The van der Waals surface area contributed by atoms with Gasteiger partial charge >= 0.3 is 0 Å². The van der Waals surface area contributed by atoms with Gasteiger partial charge in [-0.15, -0.1) is 0 Å². The van der Waals surface area contributed by atoms with E-state index < -0.39 is 10.0 Å². The van der Waals surface area contributed by atoms with E-state index in [1.807, 2.05) is 38.1 Å². The van der Waals surface area contributed by atoms with Crippen LogP contribution in [0.15, 0.2) is 47.4 Å². The molecule has 8 heteroatoms. The topological polar surface area (TPSA) is 61.9 Å². The first kappa shape index (κ1) is 21.9. The molecule has 0 aliphatic carbocycles. The normalized spacial score (nSPS) is 15.5. The lowest BCUT2D eigenvalue weighted by Gasteiger charge is -2.36. The Morgan fingerprint density at radius 3 is 2.38 bits per heavy atom. The van der Waals surface area contributed by atoms with Crippen LogP contribution in [-0.2, 0) is 10.0 Å². The number of sulfonamides is 1. The van der Waals surface area contributed by atoms with E-state index in [-0.39, 0.29) is 4.90 Å². The van der Waals surface area contributed by atoms with Gasteiger partial charge in [0.15, 0.2) is 0 Å². The Morgan fingerprint density at radius 1 is 1.07 bits per heavy atom. The van der Waals surface area contributed by atoms with Crippen molar-refractivity contribution in [2.45, 2.75) is 18.7 Å². The molecule has 0 radical (unpaired) electrons. The second kappa shape index (κ2) is 9.80. The monoisotopic (exact) mass is 437 g/mol. The first-order valence-corrected chi connectivity index (χ1v) is 11.7. The number of aryl methyl sites for hydroxylation is 1. The van der Waals surface area contributed by atoms with E-state index in [0.29, 0.717) is 25.4 Å². The Morgan fingerprint density at radius 2 is 1.76 bits per heavy atom. The minimum atomic E-state index is -3.53. The molecule has 0 unspecified atom stereocenters. The van der Waals surface area contributed by atoms with Crippen molar-refractivity contribution in [3.8, 4) is 5.75 Å². The molecule has 6 nitrogen and oxygen atoms in total. The van der Waals surface area contributed by atoms with E-state index in [1.54, 1.807) is 18.2 Å². The molecule has 1 N–H and O–H groups in total. The maximum atomic E-state index is 12.6. The molecule has 1 fully saturated rings. The van der Waals surface area contributed by atoms with Gasteiger partial charge in [-0.3, -0.25) is 4.90 Å². The number of hydrogen-bond donors (Lipinski definition) is 1. The highest BCUT2D eigenvalue weighted by Crippen LogP contribution is 2.22. The fourth-order valence-corrected chi connectivity index (χ4v) is 4.64. The molecule has 1 aliphatic rings. The Bertz CT molecular complexity index is 911. The number of anilines is 1. The van der Waals surface area contributed by atoms with Gasteiger partial charge in [-0.2, -0.15) is 0 Å². The SMILES string of the molecule is CCOc1ccc(S(=O)(=O)NCCN2CCN(c3ccc(Cl)cc3)CC2)cc1C. The number of hydrogen-bond acceptors (Lipinski definition) is 5. The summed E-state index contributed by atoms with van der Waals surface area (Å²) in [5.41, 5.74) is 1.98. The van der Waals surface area contributed by atoms with E-state index >= 15 is 0 Å². The molecule has 0 saturated carbocycles. The van der Waals surface area contributed by atoms with Crippen LogP contribution in [0.2, 0.25) is 5.02 Å². The summed E-state index contributed by atoms with van der Waals surface area (Å²) < 4.78 is 33.3. The number of ether oxygens (including phenoxy) is 1. The van der Waals surface area contributed by atoms with Crippen LogP contribution in [0, 0.1) is 6.92 Å². The first-order valence-electron chi connectivity index (χ1n) is 9.85. The third-order valence-corrected chi connectivity index (χ3v) is 6.75. The fourth-order valence-electron chi connectivity index (χ4n) is 3.41. The maximum Gasteiger partial charge on any atom is 0.240 e. The molecule has 1 aliphatic heterocycles. The average Bonchev–Trinajstić information content (AvgIpc) is 2.71. The van der Waals surface area contributed by atoms with Crippen LogP contribution in [0.4, 0.5) is 5.69 Å². The molecule has 29 heavy (non-hydrogen) atoms. The quantitative estimate of drug-likeness (QED) is 0.687. The first-order chi connectivity index (χ1) is 13.9. The minimum absolute atomic E-state index is 0.269. The second-order valence-electron chi connectivity index (χ2n) is 7.06. The standard InChI is InChI=1S/C21H28ClN3O3S/c1-3-28-21-9-8-20(16-17(21)2)29(26,27)23-10-11-24-12-14-25(15-13-24)19-6-4-18(22)5-7-19/h4-9,16,23H,3,10-15H2,1-2H3. The molecule has 158 valence electrons. The smallest absolute Gasteiger partial charge is 0.240 e. The molecule has 2 aromatic carbocycles. The molecule has 3 rings (SSSR count). The Hall–Kier alpha value is -1.80. The summed E-state index contributed by atoms with van der Waals surface area (Å²) >= 11 is 5.95. The van der Waals surface area contributed by atoms with Gasteiger partial charge in [0.1, 0.15) is 5.75 Å². The van der Waals surface area contributed by atoms with Crippen LogP contribution in [-0.4, -0.2) is 59.2 Å². The molecule has 1 saturated heterocycles. The molecule has 0 spiro atoms. The zero-order valence-electron chi connectivity index (χ0n) is 16.9. The molecule has 2 aromatic rings. The molecule has 0 amide bonds. The van der Waals surface area contributed by atoms with Crippen LogP contribution in [0.25, 0.3) is 0 Å². The van der Waals surface area contributed by atoms with Crippen LogP contribution >= 0.6 is 11.6 Å². The van der Waals surface area contributed by atoms with Gasteiger partial charge in [0.25, 0.3) is 0 Å². The third-order valence-electron chi connectivity index (χ3n) is 5.04. The predicted molar refractivity (Wildman–Crippen MR) is 118 cm³/mol. The number of halogens is 1. The zero-order chi connectivity index (χ0) is 20.9. The van der Waals surface area contributed by atoms with Crippen molar-refractivity contribution in [1.82, 2.24) is 9.62 Å². The number of nitrogens with zero attached hydrogens (tertiary/aromatic N) is 2. The van der Waals surface area contributed by atoms with E-state index in [9.17, 15) is 8.42 Å². The van der Waals surface area contributed by atoms with E-state index in [0.717, 1.165) is 36.8 Å². The highest BCUT2D eigenvalue weighted by atomic mass is 35.5. The lowest BCUT2D eigenvalue weighted by molar-refractivity contribution is 0.262. The number of benzene rings is 2. The molecule has 1 heterocycles. The van der Waals surface area contributed by atoms with Crippen molar-refractivity contribution in [3.05, 3.63) is 53.1 Å². The van der Waals surface area contributed by atoms with Gasteiger partial charge in [-0.1, -0.05) is 11.6 Å². The third kappa shape index (κ3) is 5.85.